The second kappa shape index (κ2) is 4.53. The van der Waals surface area contributed by atoms with E-state index in [0.29, 0.717) is 0 Å². The van der Waals surface area contributed by atoms with E-state index in [1.165, 1.54) is 0 Å². The van der Waals surface area contributed by atoms with Crippen molar-refractivity contribution >= 4 is 23.0 Å². The van der Waals surface area contributed by atoms with Crippen molar-refractivity contribution in [2.75, 3.05) is 0 Å². The Balaban J connectivity index is 2.33. The molecular weight excluding hydrogens is 303 g/mol. The first kappa shape index (κ1) is 10.3. The molecule has 2 rings (SSSR count). The SMILES string of the molecule is Oc1ccc(-c2ccc(OI)cc2)cc1. The third-order valence-corrected chi connectivity index (χ3v) is 2.65. The fourth-order valence-electron chi connectivity index (χ4n) is 1.35. The Morgan fingerprint density at radius 1 is 0.800 bits per heavy atom. The summed E-state index contributed by atoms with van der Waals surface area (Å²) >= 11 is 1.85. The number of halogens is 1. The van der Waals surface area contributed by atoms with Gasteiger partial charge in [-0.2, -0.15) is 0 Å². The van der Waals surface area contributed by atoms with Gasteiger partial charge in [-0.15, -0.1) is 0 Å². The average Bonchev–Trinajstić information content (AvgIpc) is 2.30. The molecule has 0 atom stereocenters. The summed E-state index contributed by atoms with van der Waals surface area (Å²) in [5.41, 5.74) is 2.18. The minimum Gasteiger partial charge on any atom is -0.508 e. The first-order valence-electron chi connectivity index (χ1n) is 4.47. The lowest BCUT2D eigenvalue weighted by Crippen LogP contribution is -1.78. The van der Waals surface area contributed by atoms with E-state index in [2.05, 4.69) is 0 Å². The van der Waals surface area contributed by atoms with Gasteiger partial charge in [-0.3, -0.25) is 0 Å². The molecule has 0 aliphatic heterocycles. The maximum absolute atomic E-state index is 9.16. The van der Waals surface area contributed by atoms with Crippen molar-refractivity contribution in [3.63, 3.8) is 0 Å². The summed E-state index contributed by atoms with van der Waals surface area (Å²) in [7, 11) is 0. The van der Waals surface area contributed by atoms with Crippen molar-refractivity contribution in [3.8, 4) is 22.6 Å². The second-order valence-corrected chi connectivity index (χ2v) is 3.59. The molecule has 3 heteroatoms. The fourth-order valence-corrected chi connectivity index (χ4v) is 1.65. The Morgan fingerprint density at radius 2 is 1.27 bits per heavy atom. The minimum absolute atomic E-state index is 0.283. The van der Waals surface area contributed by atoms with Crippen LogP contribution in [0, 0.1) is 0 Å². The number of aromatic hydroxyl groups is 1. The number of rotatable bonds is 2. The van der Waals surface area contributed by atoms with Gasteiger partial charge in [0.05, 0.1) is 0 Å². The van der Waals surface area contributed by atoms with Gasteiger partial charge in [0.2, 0.25) is 0 Å². The molecule has 0 spiro atoms. The van der Waals surface area contributed by atoms with Crippen LogP contribution < -0.4 is 3.07 Å². The largest absolute Gasteiger partial charge is 0.508 e. The minimum atomic E-state index is 0.283. The maximum Gasteiger partial charge on any atom is 0.192 e. The van der Waals surface area contributed by atoms with Crippen molar-refractivity contribution < 1.29 is 8.17 Å². The first-order chi connectivity index (χ1) is 7.29. The van der Waals surface area contributed by atoms with E-state index in [9.17, 15) is 0 Å². The highest BCUT2D eigenvalue weighted by molar-refractivity contribution is 14.1. The molecule has 0 fully saturated rings. The van der Waals surface area contributed by atoms with Gasteiger partial charge in [-0.05, 0) is 35.4 Å². The van der Waals surface area contributed by atoms with Crippen molar-refractivity contribution in [2.24, 2.45) is 0 Å². The van der Waals surface area contributed by atoms with Crippen LogP contribution in [-0.2, 0) is 0 Å². The highest BCUT2D eigenvalue weighted by Crippen LogP contribution is 2.24. The Bertz CT molecular complexity index is 434. The summed E-state index contributed by atoms with van der Waals surface area (Å²) in [5, 5.41) is 9.16. The summed E-state index contributed by atoms with van der Waals surface area (Å²) in [6.45, 7) is 0. The van der Waals surface area contributed by atoms with Crippen LogP contribution in [0.4, 0.5) is 0 Å². The summed E-state index contributed by atoms with van der Waals surface area (Å²) in [4.78, 5) is 0. The normalized spacial score (nSPS) is 9.93. The van der Waals surface area contributed by atoms with E-state index in [1.54, 1.807) is 12.1 Å². The molecule has 0 saturated heterocycles. The summed E-state index contributed by atoms with van der Waals surface area (Å²) < 4.78 is 5.05. The number of benzene rings is 2. The molecule has 76 valence electrons. The molecule has 0 aromatic heterocycles. The molecule has 2 aromatic carbocycles. The molecule has 15 heavy (non-hydrogen) atoms. The molecule has 0 saturated carbocycles. The molecule has 2 nitrogen and oxygen atoms in total. The second-order valence-electron chi connectivity index (χ2n) is 3.15. The molecule has 0 heterocycles. The van der Waals surface area contributed by atoms with Crippen LogP contribution in [0.25, 0.3) is 11.1 Å². The first-order valence-corrected chi connectivity index (χ1v) is 5.36. The molecule has 0 unspecified atom stereocenters. The third kappa shape index (κ3) is 2.41. The van der Waals surface area contributed by atoms with Gasteiger partial charge >= 0.3 is 0 Å². The highest BCUT2D eigenvalue weighted by atomic mass is 127. The van der Waals surface area contributed by atoms with Crippen LogP contribution in [0.15, 0.2) is 48.5 Å². The Hall–Kier alpha value is -1.23. The van der Waals surface area contributed by atoms with Crippen molar-refractivity contribution in [1.29, 1.82) is 0 Å². The van der Waals surface area contributed by atoms with E-state index in [4.69, 9.17) is 8.17 Å². The van der Waals surface area contributed by atoms with Crippen LogP contribution >= 0.6 is 23.0 Å². The lowest BCUT2D eigenvalue weighted by molar-refractivity contribution is 0.475. The third-order valence-electron chi connectivity index (χ3n) is 2.14. The number of hydrogen-bond acceptors (Lipinski definition) is 2. The molecule has 0 amide bonds. The summed E-state index contributed by atoms with van der Waals surface area (Å²) in [6.07, 6.45) is 0. The number of phenolic OH excluding ortho intramolecular Hbond substituents is 1. The summed E-state index contributed by atoms with van der Waals surface area (Å²) in [5.74, 6) is 1.11. The van der Waals surface area contributed by atoms with Crippen molar-refractivity contribution in [3.05, 3.63) is 48.5 Å². The maximum atomic E-state index is 9.16. The monoisotopic (exact) mass is 312 g/mol. The number of phenols is 1. The molecule has 1 N–H and O–H groups in total. The van der Waals surface area contributed by atoms with E-state index >= 15 is 0 Å². The summed E-state index contributed by atoms with van der Waals surface area (Å²) in [6, 6.07) is 14.9. The van der Waals surface area contributed by atoms with Gasteiger partial charge in [0.25, 0.3) is 0 Å². The molecule has 0 radical (unpaired) electrons. The molecule has 2 aromatic rings. The van der Waals surface area contributed by atoms with Crippen molar-refractivity contribution in [2.45, 2.75) is 0 Å². The van der Waals surface area contributed by atoms with Crippen molar-refractivity contribution in [1.82, 2.24) is 0 Å². The lowest BCUT2D eigenvalue weighted by Gasteiger charge is -2.02. The van der Waals surface area contributed by atoms with Gasteiger partial charge in [0.15, 0.2) is 23.0 Å². The molecule has 0 aliphatic carbocycles. The fraction of sp³-hybridized carbons (Fsp3) is 0. The zero-order chi connectivity index (χ0) is 10.7. The Morgan fingerprint density at radius 3 is 1.73 bits per heavy atom. The highest BCUT2D eigenvalue weighted by Gasteiger charge is 1.98. The van der Waals surface area contributed by atoms with Crippen LogP contribution in [0.1, 0.15) is 0 Å². The quantitative estimate of drug-likeness (QED) is 0.855. The Kier molecular flexibility index (Phi) is 3.11. The smallest absolute Gasteiger partial charge is 0.192 e. The van der Waals surface area contributed by atoms with Gasteiger partial charge < -0.3 is 8.17 Å². The lowest BCUT2D eigenvalue weighted by atomic mass is 10.1. The van der Waals surface area contributed by atoms with E-state index < -0.39 is 0 Å². The van der Waals surface area contributed by atoms with Gasteiger partial charge in [-0.25, -0.2) is 0 Å². The van der Waals surface area contributed by atoms with E-state index in [-0.39, 0.29) is 5.75 Å². The van der Waals surface area contributed by atoms with Crippen LogP contribution in [0.3, 0.4) is 0 Å². The zero-order valence-electron chi connectivity index (χ0n) is 7.85. The predicted molar refractivity (Wildman–Crippen MR) is 68.2 cm³/mol. The standard InChI is InChI=1S/C12H9IO2/c13-15-12-7-3-10(4-8-12)9-1-5-11(14)6-2-9/h1-8,14H. The van der Waals surface area contributed by atoms with Crippen LogP contribution in [-0.4, -0.2) is 5.11 Å². The molecule has 0 bridgehead atoms. The molecule has 0 aliphatic rings. The van der Waals surface area contributed by atoms with Gasteiger partial charge in [0, 0.05) is 0 Å². The predicted octanol–water partition coefficient (Wildman–Crippen LogP) is 3.79. The zero-order valence-corrected chi connectivity index (χ0v) is 10.0. The van der Waals surface area contributed by atoms with Gasteiger partial charge in [-0.1, -0.05) is 24.3 Å². The average molecular weight is 312 g/mol. The van der Waals surface area contributed by atoms with E-state index in [0.717, 1.165) is 16.9 Å². The molecular formula is C12H9IO2. The van der Waals surface area contributed by atoms with Crippen LogP contribution in [0.2, 0.25) is 0 Å². The number of hydrogen-bond donors (Lipinski definition) is 1. The van der Waals surface area contributed by atoms with Gasteiger partial charge in [0.1, 0.15) is 11.5 Å². The van der Waals surface area contributed by atoms with Crippen LogP contribution in [0.5, 0.6) is 11.5 Å². The van der Waals surface area contributed by atoms with E-state index in [1.807, 2.05) is 59.4 Å². The topological polar surface area (TPSA) is 29.5 Å². The Labute approximate surface area is 102 Å².